The summed E-state index contributed by atoms with van der Waals surface area (Å²) >= 11 is 0. The highest BCUT2D eigenvalue weighted by Gasteiger charge is 2.14. The van der Waals surface area contributed by atoms with Crippen molar-refractivity contribution in [2.75, 3.05) is 12.4 Å². The molecule has 3 rings (SSSR count). The molecule has 24 heavy (non-hydrogen) atoms. The predicted octanol–water partition coefficient (Wildman–Crippen LogP) is 3.12. The fourth-order valence-corrected chi connectivity index (χ4v) is 2.20. The molecule has 0 aliphatic carbocycles. The zero-order chi connectivity index (χ0) is 17.1. The Hall–Kier alpha value is -3.35. The number of ether oxygens (including phenoxy) is 1. The number of benzene rings is 2. The number of fused-ring (bicyclic) bond motifs is 1. The average Bonchev–Trinajstić information content (AvgIpc) is 2.61. The molecule has 2 N–H and O–H groups in total. The molecule has 7 heteroatoms. The van der Waals surface area contributed by atoms with E-state index in [0.717, 1.165) is 0 Å². The van der Waals surface area contributed by atoms with Gasteiger partial charge < -0.3 is 19.7 Å². The molecule has 0 aliphatic rings. The standard InChI is InChI=1S/C17H13FN2O4/c1-23-13-6-7-15-10(8-13)9-14(17(20-22)24-15)16(21)19-12-4-2-11(18)3-5-12/h2-9,22H,1H3,(H,19,21)/b20-17+. The highest BCUT2D eigenvalue weighted by atomic mass is 19.1. The minimum Gasteiger partial charge on any atom is -0.497 e. The van der Waals surface area contributed by atoms with Gasteiger partial charge in [0.25, 0.3) is 11.5 Å². The molecule has 0 aliphatic heterocycles. The number of rotatable bonds is 3. The molecule has 0 saturated heterocycles. The molecule has 0 fully saturated rings. The van der Waals surface area contributed by atoms with Crippen LogP contribution in [0, 0.1) is 5.82 Å². The van der Waals surface area contributed by atoms with Crippen LogP contribution in [-0.2, 0) is 0 Å². The van der Waals surface area contributed by atoms with E-state index in [2.05, 4.69) is 10.5 Å². The van der Waals surface area contributed by atoms with Gasteiger partial charge in [0.15, 0.2) is 0 Å². The first-order valence-electron chi connectivity index (χ1n) is 6.97. The summed E-state index contributed by atoms with van der Waals surface area (Å²) in [4.78, 5) is 12.4. The summed E-state index contributed by atoms with van der Waals surface area (Å²) in [5, 5.41) is 15.3. The number of hydrogen-bond acceptors (Lipinski definition) is 5. The molecule has 1 heterocycles. The Morgan fingerprint density at radius 3 is 2.62 bits per heavy atom. The Kier molecular flexibility index (Phi) is 4.15. The second-order valence-corrected chi connectivity index (χ2v) is 4.93. The molecule has 0 saturated carbocycles. The Morgan fingerprint density at radius 1 is 1.21 bits per heavy atom. The fourth-order valence-electron chi connectivity index (χ4n) is 2.20. The molecule has 0 spiro atoms. The summed E-state index contributed by atoms with van der Waals surface area (Å²) in [5.74, 6) is -0.369. The van der Waals surface area contributed by atoms with E-state index in [1.807, 2.05) is 0 Å². The molecule has 0 radical (unpaired) electrons. The monoisotopic (exact) mass is 328 g/mol. The van der Waals surface area contributed by atoms with E-state index in [4.69, 9.17) is 14.4 Å². The highest BCUT2D eigenvalue weighted by molar-refractivity contribution is 6.05. The van der Waals surface area contributed by atoms with Crippen LogP contribution < -0.4 is 15.6 Å². The number of methoxy groups -OCH3 is 1. The molecule has 0 bridgehead atoms. The Bertz CT molecular complexity index is 964. The summed E-state index contributed by atoms with van der Waals surface area (Å²) in [6.45, 7) is 0. The van der Waals surface area contributed by atoms with Crippen molar-refractivity contribution in [3.8, 4) is 5.75 Å². The van der Waals surface area contributed by atoms with Crippen molar-refractivity contribution >= 4 is 22.6 Å². The molecule has 0 atom stereocenters. The second-order valence-electron chi connectivity index (χ2n) is 4.93. The average molecular weight is 328 g/mol. The fraction of sp³-hybridized carbons (Fsp3) is 0.0588. The van der Waals surface area contributed by atoms with E-state index in [1.165, 1.54) is 37.4 Å². The predicted molar refractivity (Wildman–Crippen MR) is 84.5 cm³/mol. The van der Waals surface area contributed by atoms with Gasteiger partial charge in [-0.1, -0.05) is 0 Å². The largest absolute Gasteiger partial charge is 0.497 e. The summed E-state index contributed by atoms with van der Waals surface area (Å²) in [5.41, 5.74) is 0.632. The quantitative estimate of drug-likeness (QED) is 0.571. The molecule has 3 aromatic rings. The van der Waals surface area contributed by atoms with Gasteiger partial charge in [0.2, 0.25) is 0 Å². The van der Waals surface area contributed by atoms with Crippen LogP contribution in [0.25, 0.3) is 11.0 Å². The van der Waals surface area contributed by atoms with Crippen molar-refractivity contribution in [1.29, 1.82) is 0 Å². The summed E-state index contributed by atoms with van der Waals surface area (Å²) in [6, 6.07) is 11.8. The molecule has 6 nitrogen and oxygen atoms in total. The highest BCUT2D eigenvalue weighted by Crippen LogP contribution is 2.20. The maximum atomic E-state index is 12.9. The van der Waals surface area contributed by atoms with Gasteiger partial charge in [-0.3, -0.25) is 4.79 Å². The van der Waals surface area contributed by atoms with Crippen LogP contribution in [0.5, 0.6) is 5.75 Å². The lowest BCUT2D eigenvalue weighted by Gasteiger charge is -2.07. The van der Waals surface area contributed by atoms with Crippen molar-refractivity contribution < 1.29 is 23.5 Å². The van der Waals surface area contributed by atoms with Gasteiger partial charge in [-0.2, -0.15) is 0 Å². The Balaban J connectivity index is 2.03. The third kappa shape index (κ3) is 3.05. The number of carbonyl (C=O) groups is 1. The summed E-state index contributed by atoms with van der Waals surface area (Å²) in [7, 11) is 1.53. The van der Waals surface area contributed by atoms with Gasteiger partial charge in [-0.05, 0) is 53.7 Å². The minimum atomic E-state index is -0.553. The normalized spacial score (nSPS) is 11.5. The molecule has 0 unspecified atom stereocenters. The molecule has 122 valence electrons. The number of hydrogen-bond donors (Lipinski definition) is 2. The van der Waals surface area contributed by atoms with Crippen LogP contribution in [0.15, 0.2) is 58.1 Å². The maximum absolute atomic E-state index is 12.9. The number of nitrogens with one attached hydrogen (secondary N) is 1. The first kappa shape index (κ1) is 15.5. The number of amides is 1. The van der Waals surface area contributed by atoms with Crippen LogP contribution in [0.1, 0.15) is 10.4 Å². The van der Waals surface area contributed by atoms with E-state index in [9.17, 15) is 9.18 Å². The van der Waals surface area contributed by atoms with Crippen LogP contribution in [0.2, 0.25) is 0 Å². The van der Waals surface area contributed by atoms with E-state index >= 15 is 0 Å². The van der Waals surface area contributed by atoms with Crippen molar-refractivity contribution in [1.82, 2.24) is 0 Å². The van der Waals surface area contributed by atoms with Gasteiger partial charge in [-0.15, -0.1) is 0 Å². The molecule has 2 aromatic carbocycles. The molecular formula is C17H13FN2O4. The van der Waals surface area contributed by atoms with Crippen LogP contribution in [-0.4, -0.2) is 18.2 Å². The number of halogens is 1. The van der Waals surface area contributed by atoms with Crippen molar-refractivity contribution in [3.05, 3.63) is 65.5 Å². The van der Waals surface area contributed by atoms with E-state index in [1.54, 1.807) is 18.2 Å². The van der Waals surface area contributed by atoms with Crippen molar-refractivity contribution in [3.63, 3.8) is 0 Å². The lowest BCUT2D eigenvalue weighted by atomic mass is 10.1. The SMILES string of the molecule is COc1ccc2o/c(=N/O)c(C(=O)Nc3ccc(F)cc3)cc2c1. The van der Waals surface area contributed by atoms with Crippen LogP contribution >= 0.6 is 0 Å². The smallest absolute Gasteiger partial charge is 0.268 e. The molecule has 1 amide bonds. The van der Waals surface area contributed by atoms with Gasteiger partial charge in [0, 0.05) is 11.1 Å². The first-order chi connectivity index (χ1) is 11.6. The Labute approximate surface area is 135 Å². The minimum absolute atomic E-state index is 0.0302. The zero-order valence-corrected chi connectivity index (χ0v) is 12.6. The number of nitrogens with zero attached hydrogens (tertiary/aromatic N) is 1. The summed E-state index contributed by atoms with van der Waals surface area (Å²) in [6.07, 6.45) is 0. The lowest BCUT2D eigenvalue weighted by molar-refractivity contribution is 0.102. The van der Waals surface area contributed by atoms with Crippen molar-refractivity contribution in [2.45, 2.75) is 0 Å². The molecule has 1 aromatic heterocycles. The summed E-state index contributed by atoms with van der Waals surface area (Å²) < 4.78 is 23.5. The topological polar surface area (TPSA) is 84.1 Å². The zero-order valence-electron chi connectivity index (χ0n) is 12.6. The van der Waals surface area contributed by atoms with Gasteiger partial charge in [0.05, 0.1) is 7.11 Å². The van der Waals surface area contributed by atoms with Gasteiger partial charge >= 0.3 is 0 Å². The van der Waals surface area contributed by atoms with E-state index < -0.39 is 11.7 Å². The number of carbonyl (C=O) groups excluding carboxylic acids is 1. The third-order valence-corrected chi connectivity index (χ3v) is 3.39. The number of anilines is 1. The van der Waals surface area contributed by atoms with Crippen molar-refractivity contribution in [2.24, 2.45) is 5.16 Å². The first-order valence-corrected chi connectivity index (χ1v) is 6.97. The van der Waals surface area contributed by atoms with Gasteiger partial charge in [-0.25, -0.2) is 4.39 Å². The van der Waals surface area contributed by atoms with E-state index in [-0.39, 0.29) is 11.1 Å². The Morgan fingerprint density at radius 2 is 1.96 bits per heavy atom. The third-order valence-electron chi connectivity index (χ3n) is 3.39. The van der Waals surface area contributed by atoms with Gasteiger partial charge in [0.1, 0.15) is 22.7 Å². The molecular weight excluding hydrogens is 315 g/mol. The van der Waals surface area contributed by atoms with E-state index in [0.29, 0.717) is 22.4 Å². The maximum Gasteiger partial charge on any atom is 0.268 e. The van der Waals surface area contributed by atoms with Crippen LogP contribution in [0.3, 0.4) is 0 Å². The second kappa shape index (κ2) is 6.41. The lowest BCUT2D eigenvalue weighted by Crippen LogP contribution is -2.21. The van der Waals surface area contributed by atoms with Crippen LogP contribution in [0.4, 0.5) is 10.1 Å².